The van der Waals surface area contributed by atoms with E-state index in [1.807, 2.05) is 0 Å². The Balaban J connectivity index is 1.97. The third-order valence-electron chi connectivity index (χ3n) is 3.02. The van der Waals surface area contributed by atoms with Gasteiger partial charge in [-0.05, 0) is 37.8 Å². The highest BCUT2D eigenvalue weighted by Gasteiger charge is 2.27. The molecule has 1 saturated carbocycles. The van der Waals surface area contributed by atoms with Crippen LogP contribution in [0.1, 0.15) is 25.3 Å². The third kappa shape index (κ3) is 2.64. The van der Waals surface area contributed by atoms with Gasteiger partial charge in [-0.15, -0.1) is 0 Å². The van der Waals surface area contributed by atoms with Crippen molar-refractivity contribution in [1.82, 2.24) is 5.32 Å². The molecule has 1 unspecified atom stereocenters. The molecule has 15 heavy (non-hydrogen) atoms. The molecule has 3 heteroatoms. The smallest absolute Gasteiger partial charge is 0.121 e. The molecule has 1 atom stereocenters. The number of hydrogen-bond donors (Lipinski definition) is 2. The summed E-state index contributed by atoms with van der Waals surface area (Å²) in [5.41, 5.74) is 0.798. The molecule has 2 N–H and O–H groups in total. The van der Waals surface area contributed by atoms with E-state index in [0.29, 0.717) is 17.6 Å². The third-order valence-corrected chi connectivity index (χ3v) is 3.38. The molecule has 1 fully saturated rings. The Kier molecular flexibility index (Phi) is 3.17. The van der Waals surface area contributed by atoms with Crippen LogP contribution in [0.2, 0.25) is 5.02 Å². The van der Waals surface area contributed by atoms with Crippen molar-refractivity contribution in [3.8, 4) is 5.75 Å². The number of halogens is 1. The molecule has 0 spiro atoms. The van der Waals surface area contributed by atoms with E-state index >= 15 is 0 Å². The first-order chi connectivity index (χ1) is 7.18. The molecule has 82 valence electrons. The van der Waals surface area contributed by atoms with E-state index in [1.165, 1.54) is 12.8 Å². The molecule has 0 saturated heterocycles. The highest BCUT2D eigenvalue weighted by molar-refractivity contribution is 6.31. The summed E-state index contributed by atoms with van der Waals surface area (Å²) >= 11 is 6.01. The Morgan fingerprint density at radius 2 is 2.27 bits per heavy atom. The zero-order chi connectivity index (χ0) is 10.8. The fourth-order valence-electron chi connectivity index (χ4n) is 1.75. The molecule has 2 rings (SSSR count). The summed E-state index contributed by atoms with van der Waals surface area (Å²) in [6, 6.07) is 5.75. The molecule has 1 aliphatic carbocycles. The summed E-state index contributed by atoms with van der Waals surface area (Å²) < 4.78 is 0. The number of benzene rings is 1. The largest absolute Gasteiger partial charge is 0.508 e. The molecule has 0 amide bonds. The fraction of sp³-hybridized carbons (Fsp3) is 0.500. The van der Waals surface area contributed by atoms with Gasteiger partial charge in [0.05, 0.1) is 0 Å². The van der Waals surface area contributed by atoms with Gasteiger partial charge in [0.1, 0.15) is 5.75 Å². The van der Waals surface area contributed by atoms with Gasteiger partial charge in [0.15, 0.2) is 0 Å². The molecule has 0 aliphatic heterocycles. The second-order valence-electron chi connectivity index (χ2n) is 4.24. The van der Waals surface area contributed by atoms with Crippen LogP contribution in [0.5, 0.6) is 5.75 Å². The summed E-state index contributed by atoms with van der Waals surface area (Å²) in [5.74, 6) is 1.09. The lowest BCUT2D eigenvalue weighted by molar-refractivity contribution is 0.451. The molecular formula is C12H16ClNO. The standard InChI is InChI=1S/C12H16ClNO/c1-8(9-5-6-9)14-7-10-11(13)3-2-4-12(10)15/h2-4,8-9,14-15H,5-7H2,1H3. The summed E-state index contributed by atoms with van der Waals surface area (Å²) in [5, 5.41) is 13.7. The van der Waals surface area contributed by atoms with Crippen molar-refractivity contribution in [2.24, 2.45) is 5.92 Å². The molecule has 1 aromatic carbocycles. The highest BCUT2D eigenvalue weighted by Crippen LogP contribution is 2.33. The molecule has 0 heterocycles. The minimum atomic E-state index is 0.276. The van der Waals surface area contributed by atoms with E-state index in [9.17, 15) is 5.11 Å². The van der Waals surface area contributed by atoms with Crippen LogP contribution in [0.3, 0.4) is 0 Å². The van der Waals surface area contributed by atoms with Crippen molar-refractivity contribution in [3.63, 3.8) is 0 Å². The first kappa shape index (κ1) is 10.8. The predicted octanol–water partition coefficient (Wildman–Crippen LogP) is 2.93. The van der Waals surface area contributed by atoms with Crippen LogP contribution < -0.4 is 5.32 Å². The van der Waals surface area contributed by atoms with E-state index in [0.717, 1.165) is 11.5 Å². The maximum atomic E-state index is 9.63. The predicted molar refractivity (Wildman–Crippen MR) is 62.1 cm³/mol. The van der Waals surface area contributed by atoms with Gasteiger partial charge in [0, 0.05) is 23.2 Å². The van der Waals surface area contributed by atoms with Crippen molar-refractivity contribution < 1.29 is 5.11 Å². The number of nitrogens with one attached hydrogen (secondary N) is 1. The van der Waals surface area contributed by atoms with Gasteiger partial charge < -0.3 is 10.4 Å². The average molecular weight is 226 g/mol. The number of rotatable bonds is 4. The first-order valence-electron chi connectivity index (χ1n) is 5.38. The lowest BCUT2D eigenvalue weighted by Crippen LogP contribution is -2.27. The van der Waals surface area contributed by atoms with Crippen molar-refractivity contribution in [3.05, 3.63) is 28.8 Å². The van der Waals surface area contributed by atoms with Crippen molar-refractivity contribution in [1.29, 1.82) is 0 Å². The molecule has 0 radical (unpaired) electrons. The normalized spacial score (nSPS) is 17.7. The Morgan fingerprint density at radius 1 is 1.53 bits per heavy atom. The average Bonchev–Trinajstić information content (AvgIpc) is 2.99. The minimum Gasteiger partial charge on any atom is -0.508 e. The Hall–Kier alpha value is -0.730. The van der Waals surface area contributed by atoms with Crippen LogP contribution in [-0.2, 0) is 6.54 Å². The van der Waals surface area contributed by atoms with Crippen LogP contribution in [0.15, 0.2) is 18.2 Å². The molecule has 1 aliphatic rings. The molecule has 0 aromatic heterocycles. The van der Waals surface area contributed by atoms with Crippen LogP contribution in [0.25, 0.3) is 0 Å². The maximum Gasteiger partial charge on any atom is 0.121 e. The van der Waals surface area contributed by atoms with E-state index in [4.69, 9.17) is 11.6 Å². The number of phenolic OH excluding ortho intramolecular Hbond substituents is 1. The Morgan fingerprint density at radius 3 is 2.87 bits per heavy atom. The van der Waals surface area contributed by atoms with Gasteiger partial charge >= 0.3 is 0 Å². The molecular weight excluding hydrogens is 210 g/mol. The quantitative estimate of drug-likeness (QED) is 0.826. The second kappa shape index (κ2) is 4.42. The topological polar surface area (TPSA) is 32.3 Å². The number of phenols is 1. The second-order valence-corrected chi connectivity index (χ2v) is 4.65. The van der Waals surface area contributed by atoms with Gasteiger partial charge in [-0.3, -0.25) is 0 Å². The molecule has 2 nitrogen and oxygen atoms in total. The van der Waals surface area contributed by atoms with E-state index in [2.05, 4.69) is 12.2 Å². The van der Waals surface area contributed by atoms with Gasteiger partial charge in [-0.25, -0.2) is 0 Å². The summed E-state index contributed by atoms with van der Waals surface area (Å²) in [6.45, 7) is 2.83. The molecule has 1 aromatic rings. The van der Waals surface area contributed by atoms with Gasteiger partial charge in [0.2, 0.25) is 0 Å². The summed E-state index contributed by atoms with van der Waals surface area (Å²) in [4.78, 5) is 0. The molecule has 0 bridgehead atoms. The van der Waals surface area contributed by atoms with Gasteiger partial charge in [0.25, 0.3) is 0 Å². The fourth-order valence-corrected chi connectivity index (χ4v) is 1.98. The van der Waals surface area contributed by atoms with Crippen LogP contribution in [-0.4, -0.2) is 11.1 Å². The summed E-state index contributed by atoms with van der Waals surface area (Å²) in [7, 11) is 0. The zero-order valence-corrected chi connectivity index (χ0v) is 9.59. The first-order valence-corrected chi connectivity index (χ1v) is 5.76. The summed E-state index contributed by atoms with van der Waals surface area (Å²) in [6.07, 6.45) is 2.64. The number of aromatic hydroxyl groups is 1. The van der Waals surface area contributed by atoms with E-state index in [-0.39, 0.29) is 5.75 Å². The lowest BCUT2D eigenvalue weighted by atomic mass is 10.1. The minimum absolute atomic E-state index is 0.276. The van der Waals surface area contributed by atoms with Crippen molar-refractivity contribution in [2.45, 2.75) is 32.4 Å². The van der Waals surface area contributed by atoms with Crippen molar-refractivity contribution >= 4 is 11.6 Å². The van der Waals surface area contributed by atoms with E-state index < -0.39 is 0 Å². The SMILES string of the molecule is CC(NCc1c(O)cccc1Cl)C1CC1. The Labute approximate surface area is 95.3 Å². The Bertz CT molecular complexity index is 329. The van der Waals surface area contributed by atoms with Gasteiger partial charge in [-0.2, -0.15) is 0 Å². The van der Waals surface area contributed by atoms with Gasteiger partial charge in [-0.1, -0.05) is 17.7 Å². The highest BCUT2D eigenvalue weighted by atomic mass is 35.5. The van der Waals surface area contributed by atoms with Crippen LogP contribution >= 0.6 is 11.6 Å². The number of hydrogen-bond acceptors (Lipinski definition) is 2. The lowest BCUT2D eigenvalue weighted by Gasteiger charge is -2.14. The van der Waals surface area contributed by atoms with Crippen LogP contribution in [0.4, 0.5) is 0 Å². The maximum absolute atomic E-state index is 9.63. The van der Waals surface area contributed by atoms with E-state index in [1.54, 1.807) is 18.2 Å². The zero-order valence-electron chi connectivity index (χ0n) is 8.83. The van der Waals surface area contributed by atoms with Crippen LogP contribution in [0, 0.1) is 5.92 Å². The monoisotopic (exact) mass is 225 g/mol. The van der Waals surface area contributed by atoms with Crippen molar-refractivity contribution in [2.75, 3.05) is 0 Å².